The Hall–Kier alpha value is -1.19. The molecule has 1 aromatic rings. The molecule has 1 heterocycles. The van der Waals surface area contributed by atoms with Crippen molar-refractivity contribution in [3.8, 4) is 0 Å². The van der Waals surface area contributed by atoms with Crippen LogP contribution in [-0.4, -0.2) is 25.6 Å². The third-order valence-corrected chi connectivity index (χ3v) is 2.68. The maximum absolute atomic E-state index is 10.6. The average Bonchev–Trinajstić information content (AvgIpc) is 2.82. The fraction of sp³-hybridized carbons (Fsp3) is 0.462. The maximum atomic E-state index is 10.6. The molecule has 0 saturated carbocycles. The molecule has 0 bridgehead atoms. The first-order chi connectivity index (χ1) is 7.88. The van der Waals surface area contributed by atoms with Gasteiger partial charge in [-0.15, -0.1) is 0 Å². The van der Waals surface area contributed by atoms with Gasteiger partial charge in [0.1, 0.15) is 6.29 Å². The number of carbonyl (C=O) groups is 1. The monoisotopic (exact) mass is 220 g/mol. The van der Waals surface area contributed by atoms with Crippen LogP contribution in [0.25, 0.3) is 0 Å². The lowest BCUT2D eigenvalue weighted by atomic mass is 10.1. The van der Waals surface area contributed by atoms with Crippen molar-refractivity contribution in [3.05, 3.63) is 35.4 Å². The molecule has 1 atom stereocenters. The van der Waals surface area contributed by atoms with E-state index in [2.05, 4.69) is 0 Å². The first-order valence-electron chi connectivity index (χ1n) is 5.62. The molecular formula is C13H16O3. The lowest BCUT2D eigenvalue weighted by molar-refractivity contribution is 0.0106. The minimum atomic E-state index is 0.259. The van der Waals surface area contributed by atoms with Crippen molar-refractivity contribution in [1.29, 1.82) is 0 Å². The maximum Gasteiger partial charge on any atom is 0.150 e. The van der Waals surface area contributed by atoms with Gasteiger partial charge in [-0.05, 0) is 24.5 Å². The minimum absolute atomic E-state index is 0.259. The smallest absolute Gasteiger partial charge is 0.150 e. The highest BCUT2D eigenvalue weighted by molar-refractivity contribution is 5.74. The van der Waals surface area contributed by atoms with E-state index in [1.165, 1.54) is 0 Å². The highest BCUT2D eigenvalue weighted by Crippen LogP contribution is 2.13. The van der Waals surface area contributed by atoms with Crippen molar-refractivity contribution in [2.75, 3.05) is 13.2 Å². The molecule has 1 saturated heterocycles. The standard InChI is InChI=1S/C13H16O3/c14-8-11-3-1-4-12(7-11)9-15-10-13-5-2-6-16-13/h1,3-4,7-8,13H,2,5-6,9-10H2/t13-/m1/s1. The Kier molecular flexibility index (Phi) is 4.08. The lowest BCUT2D eigenvalue weighted by Crippen LogP contribution is -2.13. The second kappa shape index (κ2) is 5.77. The molecule has 0 spiro atoms. The summed E-state index contributed by atoms with van der Waals surface area (Å²) < 4.78 is 11.0. The number of hydrogen-bond acceptors (Lipinski definition) is 3. The number of carbonyl (C=O) groups excluding carboxylic acids is 1. The fourth-order valence-electron chi connectivity index (χ4n) is 1.84. The molecular weight excluding hydrogens is 204 g/mol. The van der Waals surface area contributed by atoms with Crippen LogP contribution in [0.5, 0.6) is 0 Å². The SMILES string of the molecule is O=Cc1cccc(COC[C@H]2CCCO2)c1. The summed E-state index contributed by atoms with van der Waals surface area (Å²) >= 11 is 0. The molecule has 0 amide bonds. The van der Waals surface area contributed by atoms with E-state index in [1.54, 1.807) is 6.07 Å². The summed E-state index contributed by atoms with van der Waals surface area (Å²) in [5, 5.41) is 0. The summed E-state index contributed by atoms with van der Waals surface area (Å²) in [6.07, 6.45) is 3.33. The summed E-state index contributed by atoms with van der Waals surface area (Å²) in [5.41, 5.74) is 1.72. The number of benzene rings is 1. The Morgan fingerprint density at radius 3 is 3.19 bits per heavy atom. The Morgan fingerprint density at radius 1 is 1.50 bits per heavy atom. The predicted octanol–water partition coefficient (Wildman–Crippen LogP) is 2.19. The van der Waals surface area contributed by atoms with Crippen LogP contribution < -0.4 is 0 Å². The second-order valence-corrected chi connectivity index (χ2v) is 4.01. The highest BCUT2D eigenvalue weighted by Gasteiger charge is 2.15. The van der Waals surface area contributed by atoms with Gasteiger partial charge in [0.25, 0.3) is 0 Å². The van der Waals surface area contributed by atoms with Gasteiger partial charge in [-0.25, -0.2) is 0 Å². The van der Waals surface area contributed by atoms with Crippen molar-refractivity contribution in [2.45, 2.75) is 25.6 Å². The van der Waals surface area contributed by atoms with E-state index in [0.717, 1.165) is 31.3 Å². The van der Waals surface area contributed by atoms with E-state index in [1.807, 2.05) is 18.2 Å². The molecule has 1 aliphatic heterocycles. The molecule has 0 radical (unpaired) electrons. The zero-order valence-electron chi connectivity index (χ0n) is 9.22. The summed E-state index contributed by atoms with van der Waals surface area (Å²) in [6, 6.07) is 7.47. The van der Waals surface area contributed by atoms with Gasteiger partial charge in [0.05, 0.1) is 19.3 Å². The molecule has 16 heavy (non-hydrogen) atoms. The van der Waals surface area contributed by atoms with E-state index in [9.17, 15) is 4.79 Å². The van der Waals surface area contributed by atoms with Gasteiger partial charge in [-0.1, -0.05) is 18.2 Å². The summed E-state index contributed by atoms with van der Waals surface area (Å²) in [5.74, 6) is 0. The quantitative estimate of drug-likeness (QED) is 0.713. The summed E-state index contributed by atoms with van der Waals surface area (Å²) in [7, 11) is 0. The van der Waals surface area contributed by atoms with E-state index in [-0.39, 0.29) is 6.10 Å². The Bertz CT molecular complexity index is 343. The van der Waals surface area contributed by atoms with Crippen LogP contribution in [-0.2, 0) is 16.1 Å². The van der Waals surface area contributed by atoms with Crippen molar-refractivity contribution in [2.24, 2.45) is 0 Å². The molecule has 1 aromatic carbocycles. The third-order valence-electron chi connectivity index (χ3n) is 2.68. The van der Waals surface area contributed by atoms with Crippen LogP contribution >= 0.6 is 0 Å². The molecule has 3 nitrogen and oxygen atoms in total. The van der Waals surface area contributed by atoms with Gasteiger partial charge in [-0.3, -0.25) is 4.79 Å². The van der Waals surface area contributed by atoms with Crippen LogP contribution in [0.15, 0.2) is 24.3 Å². The normalized spacial score (nSPS) is 19.9. The van der Waals surface area contributed by atoms with E-state index in [4.69, 9.17) is 9.47 Å². The van der Waals surface area contributed by atoms with Gasteiger partial charge >= 0.3 is 0 Å². The van der Waals surface area contributed by atoms with Crippen LogP contribution in [0.3, 0.4) is 0 Å². The first kappa shape index (κ1) is 11.3. The van der Waals surface area contributed by atoms with Gasteiger partial charge < -0.3 is 9.47 Å². The Labute approximate surface area is 95.4 Å². The molecule has 0 aromatic heterocycles. The first-order valence-corrected chi connectivity index (χ1v) is 5.62. The van der Waals surface area contributed by atoms with Crippen LogP contribution in [0, 0.1) is 0 Å². The largest absolute Gasteiger partial charge is 0.376 e. The Balaban J connectivity index is 1.77. The van der Waals surface area contributed by atoms with Gasteiger partial charge in [0.15, 0.2) is 0 Å². The van der Waals surface area contributed by atoms with Crippen LogP contribution in [0.1, 0.15) is 28.8 Å². The van der Waals surface area contributed by atoms with Gasteiger partial charge in [0, 0.05) is 12.2 Å². The molecule has 1 fully saturated rings. The molecule has 1 aliphatic rings. The van der Waals surface area contributed by atoms with Crippen molar-refractivity contribution < 1.29 is 14.3 Å². The van der Waals surface area contributed by atoms with Crippen molar-refractivity contribution >= 4 is 6.29 Å². The zero-order valence-corrected chi connectivity index (χ0v) is 9.22. The lowest BCUT2D eigenvalue weighted by Gasteiger charge is -2.10. The van der Waals surface area contributed by atoms with E-state index in [0.29, 0.717) is 18.8 Å². The van der Waals surface area contributed by atoms with E-state index < -0.39 is 0 Å². The van der Waals surface area contributed by atoms with Crippen molar-refractivity contribution in [1.82, 2.24) is 0 Å². The third kappa shape index (κ3) is 3.15. The Morgan fingerprint density at radius 2 is 2.44 bits per heavy atom. The van der Waals surface area contributed by atoms with Crippen LogP contribution in [0.4, 0.5) is 0 Å². The predicted molar refractivity (Wildman–Crippen MR) is 60.5 cm³/mol. The summed E-state index contributed by atoms with van der Waals surface area (Å²) in [6.45, 7) is 2.04. The van der Waals surface area contributed by atoms with Gasteiger partial charge in [-0.2, -0.15) is 0 Å². The fourth-order valence-corrected chi connectivity index (χ4v) is 1.84. The van der Waals surface area contributed by atoms with Gasteiger partial charge in [0.2, 0.25) is 0 Å². The molecule has 86 valence electrons. The van der Waals surface area contributed by atoms with Crippen LogP contribution in [0.2, 0.25) is 0 Å². The minimum Gasteiger partial charge on any atom is -0.376 e. The van der Waals surface area contributed by atoms with E-state index >= 15 is 0 Å². The van der Waals surface area contributed by atoms with Crippen molar-refractivity contribution in [3.63, 3.8) is 0 Å². The molecule has 2 rings (SSSR count). The number of ether oxygens (including phenoxy) is 2. The molecule has 0 N–H and O–H groups in total. The molecule has 3 heteroatoms. The second-order valence-electron chi connectivity index (χ2n) is 4.01. The topological polar surface area (TPSA) is 35.5 Å². The zero-order chi connectivity index (χ0) is 11.2. The summed E-state index contributed by atoms with van der Waals surface area (Å²) in [4.78, 5) is 10.6. The molecule has 0 unspecified atom stereocenters. The number of hydrogen-bond donors (Lipinski definition) is 0. The number of rotatable bonds is 5. The highest BCUT2D eigenvalue weighted by atomic mass is 16.5. The number of aldehydes is 1. The average molecular weight is 220 g/mol. The molecule has 0 aliphatic carbocycles.